The molecule has 0 aliphatic carbocycles. The Labute approximate surface area is 236 Å². The molecule has 0 aromatic carbocycles. The van der Waals surface area contributed by atoms with Crippen molar-refractivity contribution in [1.29, 1.82) is 0 Å². The number of hydrogen-bond acceptors (Lipinski definition) is 9. The van der Waals surface area contributed by atoms with Gasteiger partial charge in [0.2, 0.25) is 0 Å². The molecule has 46 heavy (non-hydrogen) atoms. The first-order chi connectivity index (χ1) is 19.2. The maximum absolute atomic E-state index is 12.4. The second kappa shape index (κ2) is 13.9. The maximum Gasteiger partial charge on any atom is 0.524 e. The number of alkyl halides is 23. The summed E-state index contributed by atoms with van der Waals surface area (Å²) >= 11 is 0. The van der Waals surface area contributed by atoms with Crippen LogP contribution in [0.1, 0.15) is 0 Å². The van der Waals surface area contributed by atoms with E-state index >= 15 is 0 Å². The van der Waals surface area contributed by atoms with Crippen molar-refractivity contribution < 1.29 is 139 Å². The molecule has 282 valence electrons. The minimum atomic E-state index is -6.85. The van der Waals surface area contributed by atoms with Gasteiger partial charge in [0.15, 0.2) is 0 Å². The van der Waals surface area contributed by atoms with Crippen LogP contribution in [0.2, 0.25) is 0 Å². The highest BCUT2D eigenvalue weighted by Crippen LogP contribution is 2.47. The van der Waals surface area contributed by atoms with Gasteiger partial charge in [-0.25, -0.2) is 0 Å². The van der Waals surface area contributed by atoms with E-state index in [2.05, 4.69) is 4.18 Å². The van der Waals surface area contributed by atoms with Crippen LogP contribution in [0.25, 0.3) is 0 Å². The number of aliphatic hydroxyl groups is 1. The van der Waals surface area contributed by atoms with Crippen molar-refractivity contribution in [2.45, 2.75) is 52.6 Å². The molecule has 0 aromatic heterocycles. The lowest BCUT2D eigenvalue weighted by atomic mass is 10.2. The average molecular weight is 814 g/mol. The standard InChI is InChI=1S/C5H2F10O3S.C4H3F7O.C2F6O5S2/c6-2(7,3(8,9)4(10,11)12)1-18-19(16,17)5(13,14)15;5-2(6,1-12)3(7,8)4(9,10)11;3-1(4,5)14(9,10)13-15(11,12)2(6,7)8/h1H2;12H,1H2;. The molecule has 0 atom stereocenters. The smallest absolute Gasteiger partial charge is 0.390 e. The van der Waals surface area contributed by atoms with E-state index in [0.29, 0.717) is 0 Å². The summed E-state index contributed by atoms with van der Waals surface area (Å²) in [6.45, 7) is -5.87. The van der Waals surface area contributed by atoms with Gasteiger partial charge < -0.3 is 5.11 Å². The summed E-state index contributed by atoms with van der Waals surface area (Å²) in [5.74, 6) is -24.6. The lowest BCUT2D eigenvalue weighted by Crippen LogP contribution is -2.54. The van der Waals surface area contributed by atoms with Gasteiger partial charge in [-0.3, -0.25) is 4.18 Å². The Balaban J connectivity index is -0.000000620. The molecule has 0 aliphatic rings. The summed E-state index contributed by atoms with van der Waals surface area (Å²) in [5.41, 5.74) is -18.8. The third kappa shape index (κ3) is 12.0. The van der Waals surface area contributed by atoms with Gasteiger partial charge in [-0.2, -0.15) is 126 Å². The molecule has 0 aromatic rings. The lowest BCUT2D eigenvalue weighted by Gasteiger charge is -2.27. The van der Waals surface area contributed by atoms with Crippen LogP contribution in [0.15, 0.2) is 0 Å². The first-order valence-corrected chi connectivity index (χ1v) is 13.0. The number of halogens is 23. The second-order valence-corrected chi connectivity index (χ2v) is 11.6. The molecule has 0 aliphatic heterocycles. The zero-order chi connectivity index (χ0) is 38.8. The van der Waals surface area contributed by atoms with E-state index in [1.807, 2.05) is 3.63 Å². The van der Waals surface area contributed by atoms with Gasteiger partial charge >= 0.3 is 82.9 Å². The van der Waals surface area contributed by atoms with Crippen LogP contribution in [-0.2, 0) is 38.2 Å². The first-order valence-electron chi connectivity index (χ1n) is 8.77. The summed E-state index contributed by atoms with van der Waals surface area (Å²) < 4.78 is 331. The number of hydrogen-bond donors (Lipinski definition) is 1. The molecule has 0 bridgehead atoms. The van der Waals surface area contributed by atoms with E-state index in [-0.39, 0.29) is 0 Å². The Kier molecular flexibility index (Phi) is 14.7. The van der Waals surface area contributed by atoms with Gasteiger partial charge in [-0.15, -0.1) is 3.63 Å². The quantitative estimate of drug-likeness (QED) is 0.199. The molecular formula is C11H5F23O9S3. The summed E-state index contributed by atoms with van der Waals surface area (Å²) in [6.07, 6.45) is -13.2. The topological polar surface area (TPSA) is 141 Å². The monoisotopic (exact) mass is 814 g/mol. The number of aliphatic hydroxyl groups excluding tert-OH is 1. The summed E-state index contributed by atoms with van der Waals surface area (Å²) in [5, 5.41) is 7.56. The zero-order valence-electron chi connectivity index (χ0n) is 19.5. The minimum absolute atomic E-state index is 2.05. The Morgan fingerprint density at radius 2 is 0.652 bits per heavy atom. The lowest BCUT2D eigenvalue weighted by molar-refractivity contribution is -0.359. The van der Waals surface area contributed by atoms with E-state index in [1.165, 1.54) is 0 Å². The molecule has 0 saturated carbocycles. The molecule has 0 radical (unpaired) electrons. The van der Waals surface area contributed by atoms with Crippen molar-refractivity contribution in [2.24, 2.45) is 0 Å². The van der Waals surface area contributed by atoms with Crippen LogP contribution in [-0.4, -0.2) is 96.1 Å². The van der Waals surface area contributed by atoms with Gasteiger partial charge in [0.1, 0.15) is 13.2 Å². The molecule has 0 amide bonds. The third-order valence-corrected chi connectivity index (χ3v) is 6.82. The fraction of sp³-hybridized carbons (Fsp3) is 1.00. The van der Waals surface area contributed by atoms with Crippen molar-refractivity contribution in [1.82, 2.24) is 0 Å². The second-order valence-electron chi connectivity index (χ2n) is 6.74. The van der Waals surface area contributed by atoms with E-state index < -0.39 is 96.1 Å². The Bertz CT molecular complexity index is 1270. The molecule has 1 N–H and O–H groups in total. The molecule has 0 rings (SSSR count). The normalized spacial score (nSPS) is 15.4. The van der Waals surface area contributed by atoms with Crippen LogP contribution in [0.4, 0.5) is 101 Å². The molecular weight excluding hydrogens is 809 g/mol. The predicted molar refractivity (Wildman–Crippen MR) is 90.9 cm³/mol. The fourth-order valence-electron chi connectivity index (χ4n) is 1.02. The zero-order valence-corrected chi connectivity index (χ0v) is 22.0. The van der Waals surface area contributed by atoms with E-state index in [1.54, 1.807) is 0 Å². The van der Waals surface area contributed by atoms with Crippen molar-refractivity contribution in [3.8, 4) is 0 Å². The van der Waals surface area contributed by atoms with Gasteiger partial charge in [-0.05, 0) is 0 Å². The molecule has 9 nitrogen and oxygen atoms in total. The SMILES string of the molecule is O=S(=O)(OCC(F)(F)C(F)(F)C(F)(F)F)C(F)(F)F.O=S(=O)(OS(=O)(=O)C(F)(F)F)C(F)(F)F.OCC(F)(F)C(F)(F)C(F)(F)F. The van der Waals surface area contributed by atoms with Gasteiger partial charge in [0.05, 0.1) is 0 Å². The Morgan fingerprint density at radius 3 is 0.826 bits per heavy atom. The predicted octanol–water partition coefficient (Wildman–Crippen LogP) is 5.20. The van der Waals surface area contributed by atoms with Crippen LogP contribution in [0.3, 0.4) is 0 Å². The van der Waals surface area contributed by atoms with Gasteiger partial charge in [0, 0.05) is 0 Å². The Hall–Kier alpha value is -1.88. The number of rotatable bonds is 8. The molecule has 0 spiro atoms. The van der Waals surface area contributed by atoms with Crippen LogP contribution < -0.4 is 0 Å². The average Bonchev–Trinajstić information content (AvgIpc) is 2.74. The first kappa shape index (κ1) is 48.5. The Morgan fingerprint density at radius 1 is 0.413 bits per heavy atom. The highest BCUT2D eigenvalue weighted by atomic mass is 32.3. The summed E-state index contributed by atoms with van der Waals surface area (Å²) in [7, 11) is -20.4. The van der Waals surface area contributed by atoms with E-state index in [9.17, 15) is 126 Å². The van der Waals surface area contributed by atoms with Crippen LogP contribution in [0.5, 0.6) is 0 Å². The van der Waals surface area contributed by atoms with Gasteiger partial charge in [-0.1, -0.05) is 0 Å². The molecule has 0 fully saturated rings. The molecule has 35 heteroatoms. The fourth-order valence-corrected chi connectivity index (χ4v) is 3.02. The van der Waals surface area contributed by atoms with Crippen molar-refractivity contribution in [3.63, 3.8) is 0 Å². The minimum Gasteiger partial charge on any atom is -0.390 e. The summed E-state index contributed by atoms with van der Waals surface area (Å²) in [6, 6.07) is 0. The summed E-state index contributed by atoms with van der Waals surface area (Å²) in [4.78, 5) is 0. The van der Waals surface area contributed by atoms with Crippen molar-refractivity contribution in [2.75, 3.05) is 13.2 Å². The molecule has 0 saturated heterocycles. The molecule has 0 heterocycles. The van der Waals surface area contributed by atoms with Gasteiger partial charge in [0.25, 0.3) is 0 Å². The molecule has 0 unspecified atom stereocenters. The van der Waals surface area contributed by atoms with Crippen LogP contribution in [0, 0.1) is 0 Å². The van der Waals surface area contributed by atoms with E-state index in [4.69, 9.17) is 5.11 Å². The largest absolute Gasteiger partial charge is 0.524 e. The highest BCUT2D eigenvalue weighted by molar-refractivity contribution is 8.00. The van der Waals surface area contributed by atoms with Crippen molar-refractivity contribution in [3.05, 3.63) is 0 Å². The maximum atomic E-state index is 12.4. The highest BCUT2D eigenvalue weighted by Gasteiger charge is 2.74. The van der Waals surface area contributed by atoms with E-state index in [0.717, 1.165) is 0 Å². The van der Waals surface area contributed by atoms with Crippen LogP contribution >= 0.6 is 0 Å². The third-order valence-electron chi connectivity index (χ3n) is 3.25. The van der Waals surface area contributed by atoms with Crippen molar-refractivity contribution >= 4 is 30.4 Å².